The standard InChI is InChI=1S/C10H9ClO3/c1-13-10(12)9-8(14-9)6-3-2-4-7(11)5-6/h2-5,8-9H,1H3/t8-,9-/m1/s1. The number of methoxy groups -OCH3 is 1. The van der Waals surface area contributed by atoms with E-state index in [2.05, 4.69) is 4.74 Å². The number of ether oxygens (including phenoxy) is 2. The Balaban J connectivity index is 2.09. The summed E-state index contributed by atoms with van der Waals surface area (Å²) in [7, 11) is 1.35. The number of carbonyl (C=O) groups is 1. The first-order valence-corrected chi connectivity index (χ1v) is 4.59. The Hall–Kier alpha value is -1.06. The molecule has 0 amide bonds. The Morgan fingerprint density at radius 3 is 3.00 bits per heavy atom. The lowest BCUT2D eigenvalue weighted by Gasteiger charge is -1.96. The third-order valence-electron chi connectivity index (χ3n) is 2.10. The highest BCUT2D eigenvalue weighted by Crippen LogP contribution is 2.39. The van der Waals surface area contributed by atoms with Crippen LogP contribution in [0.15, 0.2) is 24.3 Å². The van der Waals surface area contributed by atoms with Crippen LogP contribution < -0.4 is 0 Å². The highest BCUT2D eigenvalue weighted by Gasteiger charge is 2.47. The van der Waals surface area contributed by atoms with Crippen LogP contribution in [0.5, 0.6) is 0 Å². The maximum absolute atomic E-state index is 11.1. The first-order chi connectivity index (χ1) is 6.72. The number of hydrogen-bond acceptors (Lipinski definition) is 3. The van der Waals surface area contributed by atoms with E-state index in [1.165, 1.54) is 7.11 Å². The molecule has 0 radical (unpaired) electrons. The lowest BCUT2D eigenvalue weighted by atomic mass is 10.1. The fourth-order valence-corrected chi connectivity index (χ4v) is 1.54. The van der Waals surface area contributed by atoms with Gasteiger partial charge in [-0.25, -0.2) is 4.79 Å². The van der Waals surface area contributed by atoms with Crippen molar-refractivity contribution in [2.75, 3.05) is 7.11 Å². The summed E-state index contributed by atoms with van der Waals surface area (Å²) in [5, 5.41) is 0.640. The number of rotatable bonds is 2. The summed E-state index contributed by atoms with van der Waals surface area (Å²) in [6, 6.07) is 7.27. The fourth-order valence-electron chi connectivity index (χ4n) is 1.34. The van der Waals surface area contributed by atoms with E-state index in [1.807, 2.05) is 12.1 Å². The molecule has 1 aromatic carbocycles. The number of carbonyl (C=O) groups excluding carboxylic acids is 1. The van der Waals surface area contributed by atoms with Crippen molar-refractivity contribution in [1.29, 1.82) is 0 Å². The van der Waals surface area contributed by atoms with Crippen molar-refractivity contribution in [3.05, 3.63) is 34.9 Å². The van der Waals surface area contributed by atoms with Crippen LogP contribution in [-0.2, 0) is 14.3 Å². The van der Waals surface area contributed by atoms with Gasteiger partial charge < -0.3 is 9.47 Å². The Morgan fingerprint density at radius 2 is 2.36 bits per heavy atom. The maximum Gasteiger partial charge on any atom is 0.338 e. The van der Waals surface area contributed by atoms with E-state index >= 15 is 0 Å². The molecule has 4 heteroatoms. The molecule has 3 nitrogen and oxygen atoms in total. The first kappa shape index (κ1) is 9.49. The van der Waals surface area contributed by atoms with Crippen molar-refractivity contribution in [1.82, 2.24) is 0 Å². The predicted octanol–water partition coefficient (Wildman–Crippen LogP) is 1.95. The second-order valence-corrected chi connectivity index (χ2v) is 3.49. The van der Waals surface area contributed by atoms with Crippen LogP contribution in [-0.4, -0.2) is 19.2 Å². The van der Waals surface area contributed by atoms with Crippen molar-refractivity contribution < 1.29 is 14.3 Å². The minimum absolute atomic E-state index is 0.193. The Bertz CT molecular complexity index is 364. The van der Waals surface area contributed by atoms with E-state index < -0.39 is 6.10 Å². The van der Waals surface area contributed by atoms with Gasteiger partial charge in [-0.05, 0) is 17.7 Å². The SMILES string of the molecule is COC(=O)[C@@H]1O[C@@H]1c1cccc(Cl)c1. The molecule has 0 unspecified atom stereocenters. The van der Waals surface area contributed by atoms with Gasteiger partial charge in [-0.15, -0.1) is 0 Å². The van der Waals surface area contributed by atoms with Gasteiger partial charge in [0, 0.05) is 5.02 Å². The number of epoxide rings is 1. The predicted molar refractivity (Wildman–Crippen MR) is 51.1 cm³/mol. The molecule has 74 valence electrons. The van der Waals surface area contributed by atoms with Crippen LogP contribution in [0.1, 0.15) is 11.7 Å². The molecule has 1 fully saturated rings. The minimum atomic E-state index is -0.460. The van der Waals surface area contributed by atoms with E-state index in [0.717, 1.165) is 5.56 Å². The van der Waals surface area contributed by atoms with Gasteiger partial charge in [0.2, 0.25) is 0 Å². The van der Waals surface area contributed by atoms with E-state index in [9.17, 15) is 4.79 Å². The number of esters is 1. The molecule has 0 bridgehead atoms. The minimum Gasteiger partial charge on any atom is -0.467 e. The normalized spacial score (nSPS) is 24.4. The topological polar surface area (TPSA) is 38.8 Å². The van der Waals surface area contributed by atoms with Crippen LogP contribution in [0.25, 0.3) is 0 Å². The third kappa shape index (κ3) is 1.74. The molecule has 1 aliphatic rings. The Labute approximate surface area is 86.6 Å². The molecule has 0 spiro atoms. The zero-order valence-electron chi connectivity index (χ0n) is 7.57. The quantitative estimate of drug-likeness (QED) is 0.556. The van der Waals surface area contributed by atoms with E-state index in [0.29, 0.717) is 5.02 Å². The summed E-state index contributed by atoms with van der Waals surface area (Å²) in [5.74, 6) is -0.338. The van der Waals surface area contributed by atoms with Crippen LogP contribution in [0.4, 0.5) is 0 Å². The molecule has 0 aromatic heterocycles. The summed E-state index contributed by atoms with van der Waals surface area (Å²) < 4.78 is 9.74. The third-order valence-corrected chi connectivity index (χ3v) is 2.34. The average Bonchev–Trinajstić information content (AvgIpc) is 2.96. The van der Waals surface area contributed by atoms with Crippen LogP contribution in [0, 0.1) is 0 Å². The van der Waals surface area contributed by atoms with Gasteiger partial charge in [-0.1, -0.05) is 23.7 Å². The molecule has 0 N–H and O–H groups in total. The van der Waals surface area contributed by atoms with Crippen LogP contribution in [0.2, 0.25) is 5.02 Å². The van der Waals surface area contributed by atoms with Crippen molar-refractivity contribution in [2.24, 2.45) is 0 Å². The molecule has 2 rings (SSSR count). The van der Waals surface area contributed by atoms with Crippen molar-refractivity contribution in [2.45, 2.75) is 12.2 Å². The summed E-state index contributed by atoms with van der Waals surface area (Å²) in [6.07, 6.45) is -0.653. The molecule has 2 atom stereocenters. The van der Waals surface area contributed by atoms with Gasteiger partial charge in [0.05, 0.1) is 7.11 Å². The lowest BCUT2D eigenvalue weighted by molar-refractivity contribution is -0.142. The van der Waals surface area contributed by atoms with Gasteiger partial charge in [-0.3, -0.25) is 0 Å². The molecule has 1 aliphatic heterocycles. The second kappa shape index (κ2) is 3.59. The van der Waals surface area contributed by atoms with Gasteiger partial charge >= 0.3 is 5.97 Å². The zero-order chi connectivity index (χ0) is 10.1. The highest BCUT2D eigenvalue weighted by atomic mass is 35.5. The second-order valence-electron chi connectivity index (χ2n) is 3.06. The van der Waals surface area contributed by atoms with Gasteiger partial charge in [0.25, 0.3) is 0 Å². The van der Waals surface area contributed by atoms with Crippen molar-refractivity contribution in [3.8, 4) is 0 Å². The molecular weight excluding hydrogens is 204 g/mol. The molecule has 1 heterocycles. The zero-order valence-corrected chi connectivity index (χ0v) is 8.32. The monoisotopic (exact) mass is 212 g/mol. The van der Waals surface area contributed by atoms with Gasteiger partial charge in [-0.2, -0.15) is 0 Å². The molecule has 1 aromatic rings. The van der Waals surface area contributed by atoms with Crippen molar-refractivity contribution >= 4 is 17.6 Å². The number of hydrogen-bond donors (Lipinski definition) is 0. The average molecular weight is 213 g/mol. The number of halogens is 1. The van der Waals surface area contributed by atoms with Gasteiger partial charge in [0.1, 0.15) is 6.10 Å². The number of benzene rings is 1. The summed E-state index contributed by atoms with van der Waals surface area (Å²) >= 11 is 5.81. The maximum atomic E-state index is 11.1. The Morgan fingerprint density at radius 1 is 1.57 bits per heavy atom. The molecular formula is C10H9ClO3. The summed E-state index contributed by atoms with van der Waals surface area (Å²) in [5.41, 5.74) is 0.910. The largest absolute Gasteiger partial charge is 0.467 e. The van der Waals surface area contributed by atoms with Gasteiger partial charge in [0.15, 0.2) is 6.10 Å². The molecule has 0 saturated carbocycles. The van der Waals surface area contributed by atoms with Crippen molar-refractivity contribution in [3.63, 3.8) is 0 Å². The molecule has 0 aliphatic carbocycles. The van der Waals surface area contributed by atoms with E-state index in [1.54, 1.807) is 12.1 Å². The smallest absolute Gasteiger partial charge is 0.338 e. The first-order valence-electron chi connectivity index (χ1n) is 4.21. The highest BCUT2D eigenvalue weighted by molar-refractivity contribution is 6.30. The fraction of sp³-hybridized carbons (Fsp3) is 0.300. The van der Waals surface area contributed by atoms with Crippen LogP contribution >= 0.6 is 11.6 Å². The molecule has 14 heavy (non-hydrogen) atoms. The molecule has 1 saturated heterocycles. The summed E-state index contributed by atoms with van der Waals surface area (Å²) in [4.78, 5) is 11.1. The Kier molecular flexibility index (Phi) is 2.44. The van der Waals surface area contributed by atoms with E-state index in [4.69, 9.17) is 16.3 Å². The van der Waals surface area contributed by atoms with Crippen LogP contribution in [0.3, 0.4) is 0 Å². The summed E-state index contributed by atoms with van der Waals surface area (Å²) in [6.45, 7) is 0. The van der Waals surface area contributed by atoms with E-state index in [-0.39, 0.29) is 12.1 Å². The lowest BCUT2D eigenvalue weighted by Crippen LogP contribution is -2.09.